The lowest BCUT2D eigenvalue weighted by Gasteiger charge is -2.35. The molecule has 2 heterocycles. The molecule has 1 aromatic heterocycles. The van der Waals surface area contributed by atoms with Crippen LogP contribution in [0.1, 0.15) is 19.0 Å². The van der Waals surface area contributed by atoms with Gasteiger partial charge in [0.15, 0.2) is 0 Å². The molecule has 1 aliphatic rings. The first kappa shape index (κ1) is 12.8. The van der Waals surface area contributed by atoms with E-state index in [1.54, 1.807) is 18.7 Å². The molecule has 2 atom stereocenters. The number of aromatic nitrogens is 2. The van der Waals surface area contributed by atoms with Gasteiger partial charge in [0.05, 0.1) is 4.92 Å². The summed E-state index contributed by atoms with van der Waals surface area (Å²) in [6.45, 7) is 5.22. The van der Waals surface area contributed by atoms with E-state index in [0.29, 0.717) is 17.4 Å². The van der Waals surface area contributed by atoms with E-state index >= 15 is 0 Å². The third kappa shape index (κ3) is 2.05. The second kappa shape index (κ2) is 4.56. The van der Waals surface area contributed by atoms with E-state index < -0.39 is 0 Å². The van der Waals surface area contributed by atoms with Crippen molar-refractivity contribution in [3.8, 4) is 0 Å². The monoisotopic (exact) mass is 253 g/mol. The highest BCUT2D eigenvalue weighted by Crippen LogP contribution is 2.33. The zero-order valence-electron chi connectivity index (χ0n) is 11.0. The van der Waals surface area contributed by atoms with E-state index in [0.717, 1.165) is 19.5 Å². The summed E-state index contributed by atoms with van der Waals surface area (Å²) < 4.78 is 1.59. The van der Waals surface area contributed by atoms with Crippen molar-refractivity contribution in [1.29, 1.82) is 0 Å². The number of hydrogen-bond donors (Lipinski definition) is 1. The lowest BCUT2D eigenvalue weighted by atomic mass is 9.95. The van der Waals surface area contributed by atoms with Gasteiger partial charge in [-0.15, -0.1) is 0 Å². The third-order valence-corrected chi connectivity index (χ3v) is 3.61. The summed E-state index contributed by atoms with van der Waals surface area (Å²) in [5.74, 6) is 0.921. The molecule has 0 spiro atoms. The zero-order chi connectivity index (χ0) is 13.4. The lowest BCUT2D eigenvalue weighted by molar-refractivity contribution is -0.384. The van der Waals surface area contributed by atoms with Gasteiger partial charge in [-0.1, -0.05) is 6.92 Å². The molecular formula is C11H19N5O2. The largest absolute Gasteiger partial charge is 0.351 e. The molecule has 7 heteroatoms. The first-order chi connectivity index (χ1) is 8.41. The number of nitro groups is 1. The highest BCUT2D eigenvalue weighted by Gasteiger charge is 2.32. The first-order valence-corrected chi connectivity index (χ1v) is 6.10. The molecular weight excluding hydrogens is 234 g/mol. The number of hydrogen-bond acceptors (Lipinski definition) is 5. The number of anilines is 1. The fourth-order valence-corrected chi connectivity index (χ4v) is 2.56. The zero-order valence-corrected chi connectivity index (χ0v) is 11.0. The molecule has 1 aliphatic heterocycles. The molecule has 0 saturated carbocycles. The minimum absolute atomic E-state index is 0.111. The van der Waals surface area contributed by atoms with Crippen molar-refractivity contribution in [2.75, 3.05) is 18.0 Å². The summed E-state index contributed by atoms with van der Waals surface area (Å²) in [4.78, 5) is 12.8. The second-order valence-electron chi connectivity index (χ2n) is 5.01. The van der Waals surface area contributed by atoms with Gasteiger partial charge in [-0.25, -0.2) is 4.68 Å². The van der Waals surface area contributed by atoms with Crippen LogP contribution in [0.5, 0.6) is 0 Å². The molecule has 0 radical (unpaired) electrons. The van der Waals surface area contributed by atoms with Crippen molar-refractivity contribution in [3.63, 3.8) is 0 Å². The molecule has 1 saturated heterocycles. The van der Waals surface area contributed by atoms with Crippen LogP contribution in [0.15, 0.2) is 0 Å². The minimum atomic E-state index is -0.350. The van der Waals surface area contributed by atoms with Crippen molar-refractivity contribution in [1.82, 2.24) is 9.78 Å². The molecule has 1 aromatic rings. The Bertz CT molecular complexity index is 470. The summed E-state index contributed by atoms with van der Waals surface area (Å²) in [5, 5.41) is 15.3. The van der Waals surface area contributed by atoms with Gasteiger partial charge in [-0.3, -0.25) is 10.1 Å². The number of rotatable bonds is 2. The predicted octanol–water partition coefficient (Wildman–Crippen LogP) is 0.810. The molecule has 18 heavy (non-hydrogen) atoms. The maximum atomic E-state index is 11.1. The molecule has 0 aliphatic carbocycles. The topological polar surface area (TPSA) is 90.2 Å². The van der Waals surface area contributed by atoms with E-state index in [1.165, 1.54) is 0 Å². The SMILES string of the molecule is Cc1nn(C)c(N2CCC(N)C(C)C2)c1[N+](=O)[O-]. The Morgan fingerprint density at radius 3 is 2.78 bits per heavy atom. The summed E-state index contributed by atoms with van der Waals surface area (Å²) in [7, 11) is 1.74. The van der Waals surface area contributed by atoms with Crippen molar-refractivity contribution < 1.29 is 4.92 Å². The van der Waals surface area contributed by atoms with Gasteiger partial charge in [-0.2, -0.15) is 5.10 Å². The van der Waals surface area contributed by atoms with Gasteiger partial charge in [-0.05, 0) is 19.3 Å². The fourth-order valence-electron chi connectivity index (χ4n) is 2.56. The summed E-state index contributed by atoms with van der Waals surface area (Å²) in [6.07, 6.45) is 0.850. The van der Waals surface area contributed by atoms with E-state index in [2.05, 4.69) is 12.0 Å². The van der Waals surface area contributed by atoms with Crippen LogP contribution >= 0.6 is 0 Å². The van der Waals surface area contributed by atoms with Crippen molar-refractivity contribution in [2.24, 2.45) is 18.7 Å². The highest BCUT2D eigenvalue weighted by atomic mass is 16.6. The van der Waals surface area contributed by atoms with Gasteiger partial charge >= 0.3 is 5.69 Å². The van der Waals surface area contributed by atoms with Gasteiger partial charge in [0, 0.05) is 26.2 Å². The Morgan fingerprint density at radius 2 is 2.22 bits per heavy atom. The average molecular weight is 253 g/mol. The Hall–Kier alpha value is -1.63. The highest BCUT2D eigenvalue weighted by molar-refractivity contribution is 5.61. The summed E-state index contributed by atoms with van der Waals surface area (Å²) >= 11 is 0. The smallest absolute Gasteiger partial charge is 0.333 e. The molecule has 0 bridgehead atoms. The Balaban J connectivity index is 2.36. The average Bonchev–Trinajstić information content (AvgIpc) is 2.57. The fraction of sp³-hybridized carbons (Fsp3) is 0.727. The van der Waals surface area contributed by atoms with Crippen LogP contribution in [-0.4, -0.2) is 33.8 Å². The Labute approximate surface area is 106 Å². The van der Waals surface area contributed by atoms with Crippen LogP contribution in [0, 0.1) is 23.0 Å². The third-order valence-electron chi connectivity index (χ3n) is 3.61. The quantitative estimate of drug-likeness (QED) is 0.622. The van der Waals surface area contributed by atoms with E-state index in [1.807, 2.05) is 4.90 Å². The molecule has 0 aromatic carbocycles. The second-order valence-corrected chi connectivity index (χ2v) is 5.01. The number of nitrogens with two attached hydrogens (primary N) is 1. The van der Waals surface area contributed by atoms with Gasteiger partial charge in [0.2, 0.25) is 5.82 Å². The number of nitrogens with zero attached hydrogens (tertiary/aromatic N) is 4. The van der Waals surface area contributed by atoms with Crippen LogP contribution in [0.25, 0.3) is 0 Å². The van der Waals surface area contributed by atoms with E-state index in [9.17, 15) is 10.1 Å². The van der Waals surface area contributed by atoms with Crippen molar-refractivity contribution >= 4 is 11.5 Å². The van der Waals surface area contributed by atoms with Crippen molar-refractivity contribution in [3.05, 3.63) is 15.8 Å². The maximum absolute atomic E-state index is 11.1. The molecule has 7 nitrogen and oxygen atoms in total. The summed E-state index contributed by atoms with van der Waals surface area (Å²) in [6, 6.07) is 0.176. The predicted molar refractivity (Wildman–Crippen MR) is 68.6 cm³/mol. The molecule has 0 amide bonds. The molecule has 100 valence electrons. The van der Waals surface area contributed by atoms with Crippen LogP contribution in [0.4, 0.5) is 11.5 Å². The van der Waals surface area contributed by atoms with Crippen LogP contribution in [0.2, 0.25) is 0 Å². The van der Waals surface area contributed by atoms with Crippen LogP contribution < -0.4 is 10.6 Å². The maximum Gasteiger partial charge on any atom is 0.333 e. The van der Waals surface area contributed by atoms with Gasteiger partial charge < -0.3 is 10.6 Å². The number of aryl methyl sites for hydroxylation is 2. The van der Waals surface area contributed by atoms with Gasteiger partial charge in [0.25, 0.3) is 0 Å². The van der Waals surface area contributed by atoms with E-state index in [4.69, 9.17) is 5.73 Å². The molecule has 2 unspecified atom stereocenters. The van der Waals surface area contributed by atoms with Crippen LogP contribution in [-0.2, 0) is 7.05 Å². The molecule has 2 rings (SSSR count). The number of piperidine rings is 1. The standard InChI is InChI=1S/C11H19N5O2/c1-7-6-15(5-4-9(7)12)11-10(16(17)18)8(2)13-14(11)3/h7,9H,4-6,12H2,1-3H3. The first-order valence-electron chi connectivity index (χ1n) is 6.10. The minimum Gasteiger partial charge on any atom is -0.351 e. The Morgan fingerprint density at radius 1 is 1.56 bits per heavy atom. The van der Waals surface area contributed by atoms with Crippen molar-refractivity contribution in [2.45, 2.75) is 26.3 Å². The normalized spacial score (nSPS) is 24.3. The lowest BCUT2D eigenvalue weighted by Crippen LogP contribution is -2.46. The molecule has 2 N–H and O–H groups in total. The van der Waals surface area contributed by atoms with Crippen LogP contribution in [0.3, 0.4) is 0 Å². The van der Waals surface area contributed by atoms with Gasteiger partial charge in [0.1, 0.15) is 5.69 Å². The summed E-state index contributed by atoms with van der Waals surface area (Å²) in [5.41, 5.74) is 6.55. The molecule has 1 fully saturated rings. The Kier molecular flexibility index (Phi) is 3.25. The van der Waals surface area contributed by atoms with E-state index in [-0.39, 0.29) is 16.7 Å².